The Morgan fingerprint density at radius 1 is 1.03 bits per heavy atom. The van der Waals surface area contributed by atoms with Gasteiger partial charge in [-0.05, 0) is 48.8 Å². The van der Waals surface area contributed by atoms with Crippen molar-refractivity contribution < 1.29 is 18.7 Å². The van der Waals surface area contributed by atoms with Crippen molar-refractivity contribution in [3.63, 3.8) is 0 Å². The number of aromatic hydroxyl groups is 1. The van der Waals surface area contributed by atoms with E-state index in [-0.39, 0.29) is 21.9 Å². The minimum Gasteiger partial charge on any atom is -0.508 e. The molecule has 0 saturated heterocycles. The van der Waals surface area contributed by atoms with Crippen molar-refractivity contribution in [2.75, 3.05) is 0 Å². The summed E-state index contributed by atoms with van der Waals surface area (Å²) in [6.07, 6.45) is 9.22. The fourth-order valence-electron chi connectivity index (χ4n) is 3.08. The minimum atomic E-state index is -0.936. The van der Waals surface area contributed by atoms with Crippen molar-refractivity contribution in [1.82, 2.24) is 0 Å². The van der Waals surface area contributed by atoms with Gasteiger partial charge < -0.3 is 10.8 Å². The molecule has 0 aromatic heterocycles. The number of phenolic OH excluding ortho intramolecular Hbond substituents is 1. The third-order valence-corrected chi connectivity index (χ3v) is 5.85. The summed E-state index contributed by atoms with van der Waals surface area (Å²) in [5.41, 5.74) is 7.65. The zero-order valence-corrected chi connectivity index (χ0v) is 23.8. The highest BCUT2D eigenvalue weighted by atomic mass is 35.5. The Hall–Kier alpha value is -2.92. The van der Waals surface area contributed by atoms with Gasteiger partial charge in [0.05, 0.1) is 5.92 Å². The molecule has 0 aliphatic rings. The lowest BCUT2D eigenvalue weighted by Gasteiger charge is -2.18. The van der Waals surface area contributed by atoms with Crippen molar-refractivity contribution in [2.45, 2.75) is 79.6 Å². The first kappa shape index (κ1) is 34.1. The van der Waals surface area contributed by atoms with Crippen molar-refractivity contribution >= 4 is 23.1 Å². The highest BCUT2D eigenvalue weighted by molar-refractivity contribution is 6.32. The van der Waals surface area contributed by atoms with Crippen LogP contribution in [0, 0.1) is 11.6 Å². The van der Waals surface area contributed by atoms with E-state index in [1.807, 2.05) is 6.92 Å². The number of hydrogen-bond donors (Lipinski definition) is 2. The van der Waals surface area contributed by atoms with E-state index in [1.54, 1.807) is 31.2 Å². The molecule has 0 spiro atoms. The summed E-state index contributed by atoms with van der Waals surface area (Å²) in [7, 11) is 0. The summed E-state index contributed by atoms with van der Waals surface area (Å²) >= 11 is 6.18. The number of hydrogen-bond acceptors (Lipinski definition) is 2. The van der Waals surface area contributed by atoms with E-state index in [0.717, 1.165) is 17.7 Å². The summed E-state index contributed by atoms with van der Waals surface area (Å²) in [6.45, 7) is 16.2. The van der Waals surface area contributed by atoms with E-state index in [2.05, 4.69) is 34.3 Å². The van der Waals surface area contributed by atoms with Gasteiger partial charge >= 0.3 is 0 Å². The Bertz CT molecular complexity index is 1050. The van der Waals surface area contributed by atoms with Crippen molar-refractivity contribution in [1.29, 1.82) is 0 Å². The summed E-state index contributed by atoms with van der Waals surface area (Å²) in [5.74, 6) is -3.11. The lowest BCUT2D eigenvalue weighted by atomic mass is 9.88. The summed E-state index contributed by atoms with van der Waals surface area (Å²) in [6, 6.07) is 7.84. The molecule has 0 fully saturated rings. The fraction of sp³-hybridized carbons (Fsp3) is 0.387. The molecule has 0 heterocycles. The number of phenols is 1. The van der Waals surface area contributed by atoms with Crippen molar-refractivity contribution in [2.24, 2.45) is 5.73 Å². The molecule has 0 radical (unpaired) electrons. The predicted octanol–water partition coefficient (Wildman–Crippen LogP) is 9.50. The van der Waals surface area contributed by atoms with Crippen LogP contribution in [0.4, 0.5) is 8.78 Å². The standard InChI is InChI=1S/C23H22ClF2NO2.2C4H10/c1-4-15(10-13(2)17-9-8-16(25)12-19(17)26)11-14(3)21(23(27)29)22-18(24)6-5-7-20(22)28;2*1-3-4-2/h5-12,21,28H,2,4H2,1,3H3,(H2,27,29);2*3-4H2,1-2H3/b14-11+,15-10-;;. The molecule has 2 aromatic rings. The molecule has 1 amide bonds. The van der Waals surface area contributed by atoms with Gasteiger partial charge in [0.15, 0.2) is 0 Å². The zero-order valence-electron chi connectivity index (χ0n) is 23.0. The molecular weight excluding hydrogens is 492 g/mol. The molecule has 1 atom stereocenters. The van der Waals surface area contributed by atoms with Gasteiger partial charge in [-0.25, -0.2) is 8.78 Å². The van der Waals surface area contributed by atoms with Crippen molar-refractivity contribution in [3.05, 3.63) is 94.1 Å². The first-order chi connectivity index (χ1) is 17.5. The number of carbonyl (C=O) groups excluding carboxylic acids is 1. The number of halogens is 3. The van der Waals surface area contributed by atoms with Crippen LogP contribution in [0.5, 0.6) is 5.75 Å². The van der Waals surface area contributed by atoms with E-state index in [4.69, 9.17) is 17.3 Å². The average Bonchev–Trinajstić information content (AvgIpc) is 2.85. The molecule has 0 saturated carbocycles. The van der Waals surface area contributed by atoms with Crippen LogP contribution in [-0.4, -0.2) is 11.0 Å². The number of amides is 1. The first-order valence-electron chi connectivity index (χ1n) is 12.8. The van der Waals surface area contributed by atoms with Crippen LogP contribution < -0.4 is 5.73 Å². The second-order valence-corrected chi connectivity index (χ2v) is 9.03. The van der Waals surface area contributed by atoms with E-state index < -0.39 is 23.5 Å². The summed E-state index contributed by atoms with van der Waals surface area (Å²) in [4.78, 5) is 12.1. The summed E-state index contributed by atoms with van der Waals surface area (Å²) in [5, 5.41) is 10.4. The van der Waals surface area contributed by atoms with Gasteiger partial charge in [-0.3, -0.25) is 4.79 Å². The highest BCUT2D eigenvalue weighted by Gasteiger charge is 2.25. The monoisotopic (exact) mass is 533 g/mol. The van der Waals surface area contributed by atoms with Gasteiger partial charge in [-0.15, -0.1) is 0 Å². The van der Waals surface area contributed by atoms with Gasteiger partial charge in [0.1, 0.15) is 17.4 Å². The van der Waals surface area contributed by atoms with Gasteiger partial charge in [0.25, 0.3) is 0 Å². The Balaban J connectivity index is 0.00000142. The first-order valence-corrected chi connectivity index (χ1v) is 13.2. The van der Waals surface area contributed by atoms with E-state index in [1.165, 1.54) is 37.8 Å². The van der Waals surface area contributed by atoms with Gasteiger partial charge in [0.2, 0.25) is 5.91 Å². The number of nitrogens with two attached hydrogens (primary N) is 1. The topological polar surface area (TPSA) is 63.3 Å². The number of rotatable bonds is 9. The molecule has 6 heteroatoms. The van der Waals surface area contributed by atoms with Crippen LogP contribution in [0.15, 0.2) is 66.3 Å². The van der Waals surface area contributed by atoms with Crippen LogP contribution >= 0.6 is 11.6 Å². The molecule has 204 valence electrons. The average molecular weight is 534 g/mol. The maximum atomic E-state index is 14.0. The smallest absolute Gasteiger partial charge is 0.229 e. The molecule has 2 aromatic carbocycles. The quantitative estimate of drug-likeness (QED) is 0.315. The predicted molar refractivity (Wildman–Crippen MR) is 154 cm³/mol. The van der Waals surface area contributed by atoms with Crippen molar-refractivity contribution in [3.8, 4) is 5.75 Å². The molecule has 3 N–H and O–H groups in total. The Labute approximate surface area is 226 Å². The number of benzene rings is 2. The molecule has 2 rings (SSSR count). The van der Waals surface area contributed by atoms with Crippen LogP contribution in [0.25, 0.3) is 5.57 Å². The van der Waals surface area contributed by atoms with Crippen LogP contribution in [0.2, 0.25) is 5.02 Å². The Kier molecular flexibility index (Phi) is 16.9. The van der Waals surface area contributed by atoms with E-state index in [9.17, 15) is 18.7 Å². The molecule has 0 aliphatic heterocycles. The largest absolute Gasteiger partial charge is 0.508 e. The van der Waals surface area contributed by atoms with E-state index >= 15 is 0 Å². The second kappa shape index (κ2) is 18.3. The molecule has 0 bridgehead atoms. The SMILES string of the molecule is C=C(/C=C(\C=C(/C)C(C(N)=O)c1c(O)cccc1Cl)CC)c1ccc(F)cc1F.CCCC.CCCC. The maximum absolute atomic E-state index is 14.0. The molecular formula is C31H42ClF2NO2. The van der Waals surface area contributed by atoms with Gasteiger partial charge in [-0.1, -0.05) is 102 Å². The van der Waals surface area contributed by atoms with Gasteiger partial charge in [0, 0.05) is 22.2 Å². The molecule has 37 heavy (non-hydrogen) atoms. The molecule has 0 aliphatic carbocycles. The lowest BCUT2D eigenvalue weighted by Crippen LogP contribution is -2.23. The third kappa shape index (κ3) is 11.8. The van der Waals surface area contributed by atoms with Gasteiger partial charge in [-0.2, -0.15) is 0 Å². The summed E-state index contributed by atoms with van der Waals surface area (Å²) < 4.78 is 27.1. The second-order valence-electron chi connectivity index (χ2n) is 8.62. The lowest BCUT2D eigenvalue weighted by molar-refractivity contribution is -0.118. The zero-order chi connectivity index (χ0) is 28.5. The van der Waals surface area contributed by atoms with Crippen LogP contribution in [0.1, 0.15) is 90.7 Å². The Morgan fingerprint density at radius 3 is 2.03 bits per heavy atom. The van der Waals surface area contributed by atoms with E-state index in [0.29, 0.717) is 17.6 Å². The number of unbranched alkanes of at least 4 members (excludes halogenated alkanes) is 2. The molecule has 3 nitrogen and oxygen atoms in total. The molecule has 1 unspecified atom stereocenters. The van der Waals surface area contributed by atoms with Crippen LogP contribution in [0.3, 0.4) is 0 Å². The number of primary amides is 1. The maximum Gasteiger partial charge on any atom is 0.229 e. The number of allylic oxidation sites excluding steroid dienone is 4. The van der Waals surface area contributed by atoms with Crippen LogP contribution in [-0.2, 0) is 4.79 Å². The minimum absolute atomic E-state index is 0.131. The number of carbonyl (C=O) groups is 1. The fourth-order valence-corrected chi connectivity index (χ4v) is 3.36. The Morgan fingerprint density at radius 2 is 1.59 bits per heavy atom. The highest BCUT2D eigenvalue weighted by Crippen LogP contribution is 2.37. The normalized spacial score (nSPS) is 12.0. The third-order valence-electron chi connectivity index (χ3n) is 5.52.